The van der Waals surface area contributed by atoms with Crippen molar-refractivity contribution in [3.63, 3.8) is 0 Å². The molecule has 0 saturated heterocycles. The van der Waals surface area contributed by atoms with Crippen LogP contribution in [0.15, 0.2) is 18.2 Å². The minimum absolute atomic E-state index is 0.128. The number of alkyl halides is 1. The summed E-state index contributed by atoms with van der Waals surface area (Å²) in [6.45, 7) is 5.19. The van der Waals surface area contributed by atoms with Crippen LogP contribution in [0.1, 0.15) is 26.3 Å². The molecule has 0 radical (unpaired) electrons. The number of rotatable bonds is 5. The molecule has 0 fully saturated rings. The number of carbonyl (C=O) groups is 1. The summed E-state index contributed by atoms with van der Waals surface area (Å²) in [5.74, 6) is -0.465. The molecule has 0 aliphatic carbocycles. The van der Waals surface area contributed by atoms with Crippen LogP contribution in [0.3, 0.4) is 0 Å². The van der Waals surface area contributed by atoms with Crippen LogP contribution >= 0.6 is 11.6 Å². The summed E-state index contributed by atoms with van der Waals surface area (Å²) in [5, 5.41) is 0.266. The van der Waals surface area contributed by atoms with E-state index in [1.54, 1.807) is 6.92 Å². The first kappa shape index (κ1) is 14.8. The number of halogens is 2. The van der Waals surface area contributed by atoms with Gasteiger partial charge in [0.25, 0.3) is 0 Å². The van der Waals surface area contributed by atoms with Crippen molar-refractivity contribution in [2.45, 2.75) is 26.4 Å². The fraction of sp³-hybridized carbons (Fsp3) is 0.462. The predicted octanol–water partition coefficient (Wildman–Crippen LogP) is 3.49. The second kappa shape index (κ2) is 6.05. The lowest BCUT2D eigenvalue weighted by molar-refractivity contribution is -0.156. The lowest BCUT2D eigenvalue weighted by atomic mass is 9.98. The van der Waals surface area contributed by atoms with Gasteiger partial charge in [-0.2, -0.15) is 0 Å². The fourth-order valence-corrected chi connectivity index (χ4v) is 1.69. The van der Waals surface area contributed by atoms with E-state index in [0.29, 0.717) is 12.4 Å². The summed E-state index contributed by atoms with van der Waals surface area (Å²) < 4.78 is 24.3. The molecule has 0 aliphatic rings. The first-order valence-corrected chi connectivity index (χ1v) is 6.10. The van der Waals surface area contributed by atoms with Gasteiger partial charge in [-0.1, -0.05) is 17.7 Å². The summed E-state index contributed by atoms with van der Waals surface area (Å²) >= 11 is 5.95. The first-order chi connectivity index (χ1) is 8.43. The van der Waals surface area contributed by atoms with E-state index >= 15 is 0 Å². The number of esters is 1. The smallest absolute Gasteiger partial charge is 0.348 e. The third-order valence-electron chi connectivity index (χ3n) is 2.43. The van der Waals surface area contributed by atoms with Gasteiger partial charge in [0.1, 0.15) is 5.75 Å². The van der Waals surface area contributed by atoms with Gasteiger partial charge in [0.05, 0.1) is 18.2 Å². The zero-order chi connectivity index (χ0) is 13.8. The Morgan fingerprint density at radius 3 is 2.56 bits per heavy atom. The van der Waals surface area contributed by atoms with Crippen molar-refractivity contribution < 1.29 is 18.7 Å². The zero-order valence-electron chi connectivity index (χ0n) is 10.6. The van der Waals surface area contributed by atoms with E-state index in [4.69, 9.17) is 21.1 Å². The van der Waals surface area contributed by atoms with Crippen molar-refractivity contribution in [2.75, 3.05) is 13.2 Å². The first-order valence-electron chi connectivity index (χ1n) is 5.72. The number of hydrogen-bond donors (Lipinski definition) is 0. The molecular weight excluding hydrogens is 259 g/mol. The number of ether oxygens (including phenoxy) is 2. The predicted molar refractivity (Wildman–Crippen MR) is 67.7 cm³/mol. The Bertz CT molecular complexity index is 432. The lowest BCUT2D eigenvalue weighted by Gasteiger charge is -2.19. The van der Waals surface area contributed by atoms with Crippen LogP contribution in [0.25, 0.3) is 0 Å². The average Bonchev–Trinajstić information content (AvgIpc) is 2.32. The molecule has 0 saturated carbocycles. The topological polar surface area (TPSA) is 35.5 Å². The summed E-state index contributed by atoms with van der Waals surface area (Å²) in [7, 11) is 0. The van der Waals surface area contributed by atoms with Gasteiger partial charge in [0, 0.05) is 5.56 Å². The second-order valence-corrected chi connectivity index (χ2v) is 4.21. The summed E-state index contributed by atoms with van der Waals surface area (Å²) in [5.41, 5.74) is -2.07. The molecule has 3 nitrogen and oxygen atoms in total. The van der Waals surface area contributed by atoms with Crippen LogP contribution in [0.2, 0.25) is 5.02 Å². The second-order valence-electron chi connectivity index (χ2n) is 3.80. The molecule has 1 unspecified atom stereocenters. The van der Waals surface area contributed by atoms with Crippen molar-refractivity contribution >= 4 is 17.6 Å². The van der Waals surface area contributed by atoms with Gasteiger partial charge in [0.15, 0.2) is 0 Å². The van der Waals surface area contributed by atoms with E-state index in [9.17, 15) is 9.18 Å². The lowest BCUT2D eigenvalue weighted by Crippen LogP contribution is -2.29. The van der Waals surface area contributed by atoms with Crippen LogP contribution in [0, 0.1) is 0 Å². The number of hydrogen-bond acceptors (Lipinski definition) is 3. The molecule has 1 atom stereocenters. The summed E-state index contributed by atoms with van der Waals surface area (Å²) in [4.78, 5) is 11.5. The highest BCUT2D eigenvalue weighted by atomic mass is 35.5. The van der Waals surface area contributed by atoms with Gasteiger partial charge in [0.2, 0.25) is 5.67 Å². The average molecular weight is 275 g/mol. The molecule has 1 aromatic rings. The SMILES string of the molecule is CCOC(=O)C(C)(F)c1ccc(OCC)c(Cl)c1. The fourth-order valence-electron chi connectivity index (χ4n) is 1.45. The molecule has 0 aliphatic heterocycles. The molecule has 100 valence electrons. The largest absolute Gasteiger partial charge is 0.492 e. The van der Waals surface area contributed by atoms with Crippen molar-refractivity contribution in [3.05, 3.63) is 28.8 Å². The van der Waals surface area contributed by atoms with E-state index in [1.807, 2.05) is 6.92 Å². The van der Waals surface area contributed by atoms with Crippen molar-refractivity contribution in [1.29, 1.82) is 0 Å². The Kier molecular flexibility index (Phi) is 4.96. The quantitative estimate of drug-likeness (QED) is 0.771. The minimum Gasteiger partial charge on any atom is -0.492 e. The van der Waals surface area contributed by atoms with Gasteiger partial charge in [-0.3, -0.25) is 0 Å². The van der Waals surface area contributed by atoms with Crippen LogP contribution < -0.4 is 4.74 Å². The van der Waals surface area contributed by atoms with E-state index in [1.165, 1.54) is 18.2 Å². The molecule has 0 aromatic heterocycles. The summed E-state index contributed by atoms with van der Waals surface area (Å²) in [6, 6.07) is 4.38. The highest BCUT2D eigenvalue weighted by molar-refractivity contribution is 6.32. The summed E-state index contributed by atoms with van der Waals surface area (Å²) in [6.07, 6.45) is 0. The maximum Gasteiger partial charge on any atom is 0.348 e. The van der Waals surface area contributed by atoms with Gasteiger partial charge in [-0.15, -0.1) is 0 Å². The van der Waals surface area contributed by atoms with Crippen molar-refractivity contribution in [3.8, 4) is 5.75 Å². The zero-order valence-corrected chi connectivity index (χ0v) is 11.4. The van der Waals surface area contributed by atoms with Crippen LogP contribution in [-0.4, -0.2) is 19.2 Å². The molecule has 0 bridgehead atoms. The van der Waals surface area contributed by atoms with E-state index in [-0.39, 0.29) is 17.2 Å². The Morgan fingerprint density at radius 2 is 2.06 bits per heavy atom. The standard InChI is InChI=1S/C13H16ClFO3/c1-4-17-11-7-6-9(8-10(11)14)13(3,15)12(16)18-5-2/h6-8H,4-5H2,1-3H3. The molecule has 0 N–H and O–H groups in total. The van der Waals surface area contributed by atoms with Crippen LogP contribution in [0.4, 0.5) is 4.39 Å². The maximum atomic E-state index is 14.3. The Morgan fingerprint density at radius 1 is 1.39 bits per heavy atom. The normalized spacial score (nSPS) is 13.8. The van der Waals surface area contributed by atoms with Gasteiger partial charge in [-0.25, -0.2) is 9.18 Å². The third-order valence-corrected chi connectivity index (χ3v) is 2.73. The monoisotopic (exact) mass is 274 g/mol. The molecule has 0 amide bonds. The number of benzene rings is 1. The van der Waals surface area contributed by atoms with Crippen molar-refractivity contribution in [1.82, 2.24) is 0 Å². The molecule has 5 heteroatoms. The Hall–Kier alpha value is -1.29. The maximum absolute atomic E-state index is 14.3. The number of carbonyl (C=O) groups excluding carboxylic acids is 1. The molecular formula is C13H16ClFO3. The molecule has 1 rings (SSSR count). The van der Waals surface area contributed by atoms with Crippen LogP contribution in [-0.2, 0) is 15.2 Å². The van der Waals surface area contributed by atoms with Crippen LogP contribution in [0.5, 0.6) is 5.75 Å². The van der Waals surface area contributed by atoms with Crippen molar-refractivity contribution in [2.24, 2.45) is 0 Å². The highest BCUT2D eigenvalue weighted by Gasteiger charge is 2.37. The molecule has 18 heavy (non-hydrogen) atoms. The van der Waals surface area contributed by atoms with Gasteiger partial charge >= 0.3 is 5.97 Å². The highest BCUT2D eigenvalue weighted by Crippen LogP contribution is 2.33. The molecule has 0 heterocycles. The van der Waals surface area contributed by atoms with E-state index < -0.39 is 11.6 Å². The minimum atomic E-state index is -2.22. The Labute approximate surface area is 111 Å². The van der Waals surface area contributed by atoms with Gasteiger partial charge in [-0.05, 0) is 32.9 Å². The molecule has 0 spiro atoms. The third kappa shape index (κ3) is 3.13. The van der Waals surface area contributed by atoms with Gasteiger partial charge < -0.3 is 9.47 Å². The van der Waals surface area contributed by atoms with E-state index in [0.717, 1.165) is 6.92 Å². The van der Waals surface area contributed by atoms with E-state index in [2.05, 4.69) is 0 Å². The Balaban J connectivity index is 3.03. The molecule has 1 aromatic carbocycles.